The van der Waals surface area contributed by atoms with Crippen LogP contribution in [0.25, 0.3) is 0 Å². The van der Waals surface area contributed by atoms with Crippen molar-refractivity contribution in [1.82, 2.24) is 0 Å². The van der Waals surface area contributed by atoms with E-state index < -0.39 is 6.10 Å². The Morgan fingerprint density at radius 1 is 1.00 bits per heavy atom. The predicted octanol–water partition coefficient (Wildman–Crippen LogP) is 3.67. The van der Waals surface area contributed by atoms with Gasteiger partial charge in [0.15, 0.2) is 0 Å². The summed E-state index contributed by atoms with van der Waals surface area (Å²) in [5.74, 6) is -0.330. The molecule has 1 nitrogen and oxygen atoms in total. The summed E-state index contributed by atoms with van der Waals surface area (Å²) in [7, 11) is 0. The molecule has 1 N–H and O–H groups in total. The van der Waals surface area contributed by atoms with Crippen LogP contribution >= 0.6 is 15.9 Å². The Balaban J connectivity index is 2.34. The molecule has 0 aliphatic carbocycles. The molecule has 2 aromatic rings. The molecule has 0 fully saturated rings. The molecule has 0 radical (unpaired) electrons. The van der Waals surface area contributed by atoms with Gasteiger partial charge in [-0.1, -0.05) is 36.4 Å². The van der Waals surface area contributed by atoms with Crippen molar-refractivity contribution in [2.24, 2.45) is 0 Å². The second kappa shape index (κ2) is 4.76. The van der Waals surface area contributed by atoms with Gasteiger partial charge >= 0.3 is 0 Å². The summed E-state index contributed by atoms with van der Waals surface area (Å²) in [5, 5.41) is 10.1. The van der Waals surface area contributed by atoms with Crippen LogP contribution in [-0.4, -0.2) is 5.11 Å². The number of hydrogen-bond donors (Lipinski definition) is 1. The predicted molar refractivity (Wildman–Crippen MR) is 64.6 cm³/mol. The third-order valence-electron chi connectivity index (χ3n) is 2.37. The number of aliphatic hydroxyl groups excluding tert-OH is 1. The van der Waals surface area contributed by atoms with E-state index in [1.54, 1.807) is 12.1 Å². The fourth-order valence-electron chi connectivity index (χ4n) is 1.51. The summed E-state index contributed by atoms with van der Waals surface area (Å²) in [6, 6.07) is 13.8. The number of halogens is 2. The summed E-state index contributed by atoms with van der Waals surface area (Å²) in [4.78, 5) is 0. The van der Waals surface area contributed by atoms with Gasteiger partial charge in [-0.05, 0) is 39.2 Å². The monoisotopic (exact) mass is 280 g/mol. The molecule has 0 spiro atoms. The smallest absolute Gasteiger partial charge is 0.137 e. The van der Waals surface area contributed by atoms with Crippen LogP contribution in [0.3, 0.4) is 0 Å². The van der Waals surface area contributed by atoms with E-state index in [4.69, 9.17) is 0 Å². The minimum absolute atomic E-state index is 0.330. The van der Waals surface area contributed by atoms with Gasteiger partial charge in [0, 0.05) is 0 Å². The Labute approximate surface area is 102 Å². The topological polar surface area (TPSA) is 20.2 Å². The van der Waals surface area contributed by atoms with Gasteiger partial charge < -0.3 is 5.11 Å². The van der Waals surface area contributed by atoms with E-state index in [-0.39, 0.29) is 5.82 Å². The minimum atomic E-state index is -0.724. The Kier molecular flexibility index (Phi) is 3.36. The largest absolute Gasteiger partial charge is 0.384 e. The zero-order valence-electron chi connectivity index (χ0n) is 8.40. The molecule has 2 rings (SSSR count). The van der Waals surface area contributed by atoms with E-state index in [9.17, 15) is 9.50 Å². The van der Waals surface area contributed by atoms with E-state index in [0.29, 0.717) is 10.0 Å². The molecule has 0 bridgehead atoms. The summed E-state index contributed by atoms with van der Waals surface area (Å²) in [6.07, 6.45) is -0.724. The first kappa shape index (κ1) is 11.3. The van der Waals surface area contributed by atoms with Gasteiger partial charge in [0.1, 0.15) is 11.9 Å². The lowest BCUT2D eigenvalue weighted by atomic mass is 10.0. The van der Waals surface area contributed by atoms with Gasteiger partial charge in [-0.15, -0.1) is 0 Å². The van der Waals surface area contributed by atoms with Crippen LogP contribution in [0.5, 0.6) is 0 Å². The second-order valence-electron chi connectivity index (χ2n) is 3.49. The normalized spacial score (nSPS) is 12.4. The van der Waals surface area contributed by atoms with Gasteiger partial charge in [-0.2, -0.15) is 0 Å². The fourth-order valence-corrected chi connectivity index (χ4v) is 1.91. The van der Waals surface area contributed by atoms with Crippen LogP contribution in [0.4, 0.5) is 4.39 Å². The average molecular weight is 281 g/mol. The summed E-state index contributed by atoms with van der Waals surface area (Å²) >= 11 is 3.10. The highest BCUT2D eigenvalue weighted by molar-refractivity contribution is 9.10. The number of hydrogen-bond acceptors (Lipinski definition) is 1. The van der Waals surface area contributed by atoms with Crippen LogP contribution in [0.1, 0.15) is 17.2 Å². The van der Waals surface area contributed by atoms with E-state index in [2.05, 4.69) is 15.9 Å². The first-order chi connectivity index (χ1) is 7.68. The first-order valence-corrected chi connectivity index (χ1v) is 5.66. The zero-order valence-corrected chi connectivity index (χ0v) is 9.99. The Morgan fingerprint density at radius 3 is 2.31 bits per heavy atom. The SMILES string of the molecule is OC(c1ccccc1)c1ccc(F)c(Br)c1. The van der Waals surface area contributed by atoms with Crippen LogP contribution in [0.15, 0.2) is 53.0 Å². The lowest BCUT2D eigenvalue weighted by Gasteiger charge is -2.11. The van der Waals surface area contributed by atoms with Crippen molar-refractivity contribution in [3.05, 3.63) is 69.9 Å². The summed E-state index contributed by atoms with van der Waals surface area (Å²) in [6.45, 7) is 0. The zero-order chi connectivity index (χ0) is 11.5. The van der Waals surface area contributed by atoms with Crippen molar-refractivity contribution in [3.8, 4) is 0 Å². The highest BCUT2D eigenvalue weighted by Gasteiger charge is 2.11. The van der Waals surface area contributed by atoms with Gasteiger partial charge in [0.05, 0.1) is 4.47 Å². The Bertz CT molecular complexity index is 485. The molecule has 0 saturated carbocycles. The van der Waals surface area contributed by atoms with Crippen LogP contribution in [-0.2, 0) is 0 Å². The lowest BCUT2D eigenvalue weighted by molar-refractivity contribution is 0.220. The van der Waals surface area contributed by atoms with E-state index in [0.717, 1.165) is 5.56 Å². The first-order valence-electron chi connectivity index (χ1n) is 4.86. The molecular weight excluding hydrogens is 271 g/mol. The molecule has 2 aromatic carbocycles. The Morgan fingerprint density at radius 2 is 1.69 bits per heavy atom. The quantitative estimate of drug-likeness (QED) is 0.890. The van der Waals surface area contributed by atoms with Crippen molar-refractivity contribution in [1.29, 1.82) is 0 Å². The fraction of sp³-hybridized carbons (Fsp3) is 0.0769. The second-order valence-corrected chi connectivity index (χ2v) is 4.34. The number of aliphatic hydroxyl groups is 1. The van der Waals surface area contributed by atoms with Crippen molar-refractivity contribution in [2.45, 2.75) is 6.10 Å². The maximum atomic E-state index is 13.0. The van der Waals surface area contributed by atoms with E-state index in [1.807, 2.05) is 30.3 Å². The van der Waals surface area contributed by atoms with Crippen LogP contribution in [0, 0.1) is 5.82 Å². The number of rotatable bonds is 2. The van der Waals surface area contributed by atoms with Crippen molar-refractivity contribution >= 4 is 15.9 Å². The standard InChI is InChI=1S/C13H10BrFO/c14-11-8-10(6-7-12(11)15)13(16)9-4-2-1-3-5-9/h1-8,13,16H. The highest BCUT2D eigenvalue weighted by Crippen LogP contribution is 2.25. The van der Waals surface area contributed by atoms with E-state index >= 15 is 0 Å². The summed E-state index contributed by atoms with van der Waals surface area (Å²) in [5.41, 5.74) is 1.46. The molecule has 0 aliphatic heterocycles. The molecule has 0 aromatic heterocycles. The Hall–Kier alpha value is -1.19. The molecule has 82 valence electrons. The molecule has 16 heavy (non-hydrogen) atoms. The number of benzene rings is 2. The highest BCUT2D eigenvalue weighted by atomic mass is 79.9. The van der Waals surface area contributed by atoms with Crippen molar-refractivity contribution < 1.29 is 9.50 Å². The van der Waals surface area contributed by atoms with Gasteiger partial charge in [-0.3, -0.25) is 0 Å². The third-order valence-corrected chi connectivity index (χ3v) is 2.98. The van der Waals surface area contributed by atoms with Gasteiger partial charge in [0.2, 0.25) is 0 Å². The third kappa shape index (κ3) is 2.31. The average Bonchev–Trinajstić information content (AvgIpc) is 2.33. The molecule has 1 unspecified atom stereocenters. The van der Waals surface area contributed by atoms with Crippen molar-refractivity contribution in [3.63, 3.8) is 0 Å². The van der Waals surface area contributed by atoms with Gasteiger partial charge in [-0.25, -0.2) is 4.39 Å². The van der Waals surface area contributed by atoms with Crippen molar-refractivity contribution in [2.75, 3.05) is 0 Å². The maximum absolute atomic E-state index is 13.0. The molecule has 0 saturated heterocycles. The minimum Gasteiger partial charge on any atom is -0.384 e. The van der Waals surface area contributed by atoms with Crippen LogP contribution in [0.2, 0.25) is 0 Å². The molecule has 0 heterocycles. The summed E-state index contributed by atoms with van der Waals surface area (Å²) < 4.78 is 13.4. The molecule has 1 atom stereocenters. The molecule has 0 amide bonds. The maximum Gasteiger partial charge on any atom is 0.137 e. The molecular formula is C13H10BrFO. The molecule has 3 heteroatoms. The van der Waals surface area contributed by atoms with Gasteiger partial charge in [0.25, 0.3) is 0 Å². The van der Waals surface area contributed by atoms with Crippen LogP contribution < -0.4 is 0 Å². The molecule has 0 aliphatic rings. The lowest BCUT2D eigenvalue weighted by Crippen LogP contribution is -1.99. The van der Waals surface area contributed by atoms with E-state index in [1.165, 1.54) is 6.07 Å².